The fourth-order valence-electron chi connectivity index (χ4n) is 8.07. The zero-order chi connectivity index (χ0) is 30.3. The molecule has 1 heterocycles. The zero-order valence-electron chi connectivity index (χ0n) is 24.5. The van der Waals surface area contributed by atoms with E-state index < -0.39 is 23.8 Å². The molecule has 0 aromatic heterocycles. The number of urea groups is 1. The standard InChI is InChI=1S/C34H36N2O7/c1-4-5-24-13-20(15-28(41-2)30(24)43-19-29(37)42-3)14-27-31(38)35-33(40)36(32(27)39)26-8-6-25(7-9-26)34-16-21-10-22(17-34)12-23(11-21)18-34/h4,6-9,13-15,21-23H,1,5,10-12,16-19H2,2-3H3,(H,35,38,40)/b27-14+. The average molecular weight is 585 g/mol. The lowest BCUT2D eigenvalue weighted by Crippen LogP contribution is -2.54. The van der Waals surface area contributed by atoms with Gasteiger partial charge in [0.2, 0.25) is 0 Å². The quantitative estimate of drug-likeness (QED) is 0.189. The van der Waals surface area contributed by atoms with E-state index in [2.05, 4.69) is 28.8 Å². The molecule has 7 rings (SSSR count). The number of nitrogens with one attached hydrogen (secondary N) is 1. The fraction of sp³-hybridized carbons (Fsp3) is 0.412. The van der Waals surface area contributed by atoms with Crippen molar-refractivity contribution in [2.75, 3.05) is 25.7 Å². The van der Waals surface area contributed by atoms with Crippen molar-refractivity contribution in [3.63, 3.8) is 0 Å². The summed E-state index contributed by atoms with van der Waals surface area (Å²) in [6, 6.07) is 10.3. The van der Waals surface area contributed by atoms with Crippen molar-refractivity contribution in [3.8, 4) is 11.5 Å². The third-order valence-electron chi connectivity index (χ3n) is 9.49. The van der Waals surface area contributed by atoms with Gasteiger partial charge in [0.1, 0.15) is 5.57 Å². The smallest absolute Gasteiger partial charge is 0.343 e. The number of anilines is 1. The molecule has 1 N–H and O–H groups in total. The van der Waals surface area contributed by atoms with Gasteiger partial charge < -0.3 is 14.2 Å². The average Bonchev–Trinajstić information content (AvgIpc) is 2.98. The predicted molar refractivity (Wildman–Crippen MR) is 160 cm³/mol. The molecule has 2 aromatic carbocycles. The van der Waals surface area contributed by atoms with Crippen LogP contribution in [0, 0.1) is 17.8 Å². The molecule has 4 aliphatic carbocycles. The summed E-state index contributed by atoms with van der Waals surface area (Å²) in [5.74, 6) is 0.975. The molecule has 4 bridgehead atoms. The number of allylic oxidation sites excluding steroid dienone is 1. The molecule has 1 saturated heterocycles. The molecular formula is C34H36N2O7. The summed E-state index contributed by atoms with van der Waals surface area (Å²) >= 11 is 0. The van der Waals surface area contributed by atoms with E-state index >= 15 is 0 Å². The summed E-state index contributed by atoms with van der Waals surface area (Å²) in [6.07, 6.45) is 11.1. The van der Waals surface area contributed by atoms with Gasteiger partial charge in [-0.3, -0.25) is 14.9 Å². The third-order valence-corrected chi connectivity index (χ3v) is 9.49. The number of carbonyl (C=O) groups excluding carboxylic acids is 4. The van der Waals surface area contributed by atoms with E-state index in [-0.39, 0.29) is 17.6 Å². The Balaban J connectivity index is 1.28. The van der Waals surface area contributed by atoms with Gasteiger partial charge in [0, 0.05) is 5.56 Å². The van der Waals surface area contributed by atoms with Gasteiger partial charge in [0.05, 0.1) is 19.9 Å². The summed E-state index contributed by atoms with van der Waals surface area (Å²) in [4.78, 5) is 52.1. The van der Waals surface area contributed by atoms with Crippen LogP contribution in [0.15, 0.2) is 54.6 Å². The van der Waals surface area contributed by atoms with E-state index in [1.807, 2.05) is 12.1 Å². The van der Waals surface area contributed by atoms with Gasteiger partial charge in [-0.2, -0.15) is 0 Å². The van der Waals surface area contributed by atoms with Crippen molar-refractivity contribution in [3.05, 3.63) is 71.3 Å². The maximum Gasteiger partial charge on any atom is 0.343 e. The maximum atomic E-state index is 13.7. The Bertz CT molecular complexity index is 1490. The number of carbonyl (C=O) groups is 4. The Morgan fingerprint density at radius 2 is 1.67 bits per heavy atom. The van der Waals surface area contributed by atoms with E-state index in [9.17, 15) is 19.2 Å². The van der Waals surface area contributed by atoms with Gasteiger partial charge in [-0.25, -0.2) is 14.5 Å². The SMILES string of the molecule is C=CCc1cc(/C=C2\C(=O)NC(=O)N(c3ccc(C45CC6CC(CC(C6)C4)C5)cc3)C2=O)cc(OC)c1OCC(=O)OC. The number of ether oxygens (including phenoxy) is 3. The first kappa shape index (κ1) is 28.7. The Morgan fingerprint density at radius 3 is 2.26 bits per heavy atom. The molecule has 4 amide bonds. The molecule has 2 aromatic rings. The topological polar surface area (TPSA) is 111 Å². The lowest BCUT2D eigenvalue weighted by Gasteiger charge is -2.57. The third kappa shape index (κ3) is 5.32. The second kappa shape index (κ2) is 11.4. The van der Waals surface area contributed by atoms with E-state index in [0.29, 0.717) is 34.7 Å². The van der Waals surface area contributed by atoms with Crippen LogP contribution < -0.4 is 19.7 Å². The van der Waals surface area contributed by atoms with Crippen LogP contribution in [0.4, 0.5) is 10.5 Å². The largest absolute Gasteiger partial charge is 0.493 e. The van der Waals surface area contributed by atoms with Crippen LogP contribution in [0.25, 0.3) is 6.08 Å². The molecule has 4 saturated carbocycles. The monoisotopic (exact) mass is 584 g/mol. The highest BCUT2D eigenvalue weighted by Gasteiger charge is 2.51. The molecule has 224 valence electrons. The summed E-state index contributed by atoms with van der Waals surface area (Å²) in [5, 5.41) is 2.31. The number of esters is 1. The highest BCUT2D eigenvalue weighted by Crippen LogP contribution is 2.60. The highest BCUT2D eigenvalue weighted by molar-refractivity contribution is 6.39. The lowest BCUT2D eigenvalue weighted by molar-refractivity contribution is -0.143. The Labute approximate surface area is 250 Å². The molecule has 0 spiro atoms. The first-order valence-corrected chi connectivity index (χ1v) is 14.8. The Morgan fingerprint density at radius 1 is 1.02 bits per heavy atom. The lowest BCUT2D eigenvalue weighted by atomic mass is 9.48. The van der Waals surface area contributed by atoms with Crippen LogP contribution in [0.1, 0.15) is 55.2 Å². The first-order chi connectivity index (χ1) is 20.7. The van der Waals surface area contributed by atoms with Gasteiger partial charge in [-0.1, -0.05) is 18.2 Å². The number of barbiturate groups is 1. The Hall–Kier alpha value is -4.40. The number of rotatable bonds is 9. The Kier molecular flexibility index (Phi) is 7.58. The van der Waals surface area contributed by atoms with Gasteiger partial charge in [-0.15, -0.1) is 6.58 Å². The predicted octanol–water partition coefficient (Wildman–Crippen LogP) is 5.11. The molecule has 5 aliphatic rings. The second-order valence-electron chi connectivity index (χ2n) is 12.3. The summed E-state index contributed by atoms with van der Waals surface area (Å²) in [5.41, 5.74) is 2.79. The number of methoxy groups -OCH3 is 2. The minimum atomic E-state index is -0.786. The normalized spacial score (nSPS) is 26.8. The van der Waals surface area contributed by atoms with Gasteiger partial charge in [0.15, 0.2) is 18.1 Å². The summed E-state index contributed by atoms with van der Waals surface area (Å²) < 4.78 is 15.8. The summed E-state index contributed by atoms with van der Waals surface area (Å²) in [7, 11) is 2.71. The molecule has 5 fully saturated rings. The van der Waals surface area contributed by atoms with E-state index in [4.69, 9.17) is 9.47 Å². The van der Waals surface area contributed by atoms with Crippen LogP contribution in [-0.4, -0.2) is 44.6 Å². The molecule has 0 unspecified atom stereocenters. The van der Waals surface area contributed by atoms with E-state index in [0.717, 1.165) is 22.7 Å². The molecule has 9 nitrogen and oxygen atoms in total. The number of nitrogens with zero attached hydrogens (tertiary/aromatic N) is 1. The fourth-order valence-corrected chi connectivity index (χ4v) is 8.07. The summed E-state index contributed by atoms with van der Waals surface area (Å²) in [6.45, 7) is 3.46. The minimum Gasteiger partial charge on any atom is -0.493 e. The van der Waals surface area contributed by atoms with Crippen molar-refractivity contribution in [2.45, 2.75) is 50.4 Å². The second-order valence-corrected chi connectivity index (χ2v) is 12.3. The van der Waals surface area contributed by atoms with Crippen molar-refractivity contribution in [1.29, 1.82) is 0 Å². The van der Waals surface area contributed by atoms with Gasteiger partial charge >= 0.3 is 12.0 Å². The van der Waals surface area contributed by atoms with Gasteiger partial charge in [0.25, 0.3) is 11.8 Å². The molecule has 43 heavy (non-hydrogen) atoms. The minimum absolute atomic E-state index is 0.192. The molecule has 1 aliphatic heterocycles. The van der Waals surface area contributed by atoms with Crippen molar-refractivity contribution in [2.24, 2.45) is 17.8 Å². The van der Waals surface area contributed by atoms with Crippen molar-refractivity contribution >= 4 is 35.6 Å². The number of hydrogen-bond acceptors (Lipinski definition) is 7. The van der Waals surface area contributed by atoms with Crippen molar-refractivity contribution < 1.29 is 33.4 Å². The molecule has 9 heteroatoms. The van der Waals surface area contributed by atoms with E-state index in [1.54, 1.807) is 18.2 Å². The van der Waals surface area contributed by atoms with E-state index in [1.165, 1.54) is 64.4 Å². The zero-order valence-corrected chi connectivity index (χ0v) is 24.5. The molecular weight excluding hydrogens is 548 g/mol. The first-order valence-electron chi connectivity index (χ1n) is 14.8. The van der Waals surface area contributed by atoms with Crippen LogP contribution >= 0.6 is 0 Å². The number of amides is 4. The van der Waals surface area contributed by atoms with Crippen molar-refractivity contribution in [1.82, 2.24) is 5.32 Å². The van der Waals surface area contributed by atoms with Gasteiger partial charge in [-0.05, 0) is 110 Å². The highest BCUT2D eigenvalue weighted by atomic mass is 16.6. The number of imide groups is 2. The van der Waals surface area contributed by atoms with Crippen LogP contribution in [0.5, 0.6) is 11.5 Å². The number of hydrogen-bond donors (Lipinski definition) is 1. The molecule has 0 radical (unpaired) electrons. The molecule has 0 atom stereocenters. The van der Waals surface area contributed by atoms with Crippen LogP contribution in [0.2, 0.25) is 0 Å². The maximum absolute atomic E-state index is 13.7. The van der Waals surface area contributed by atoms with Crippen LogP contribution in [-0.2, 0) is 31.0 Å². The number of benzene rings is 2. The van der Waals surface area contributed by atoms with Crippen LogP contribution in [0.3, 0.4) is 0 Å².